The predicted octanol–water partition coefficient (Wildman–Crippen LogP) is 1.81. The standard InChI is InChI=1S/C12H12BrNO3/c1-14-9-4-3-7(11(13)12(16)17-2)5-8(9)6-10(14)15/h3-5,11H,6H2,1-2H3. The SMILES string of the molecule is COC(=O)C(Br)c1ccc2c(c1)CC(=O)N2C. The van der Waals surface area contributed by atoms with Crippen molar-refractivity contribution in [2.75, 3.05) is 19.1 Å². The largest absolute Gasteiger partial charge is 0.468 e. The van der Waals surface area contributed by atoms with Crippen LogP contribution in [0.2, 0.25) is 0 Å². The van der Waals surface area contributed by atoms with Gasteiger partial charge in [0.2, 0.25) is 5.91 Å². The second-order valence-corrected chi connectivity index (χ2v) is 4.82. The molecule has 0 N–H and O–H groups in total. The van der Waals surface area contributed by atoms with E-state index in [2.05, 4.69) is 20.7 Å². The minimum atomic E-state index is -0.487. The van der Waals surface area contributed by atoms with Gasteiger partial charge < -0.3 is 9.64 Å². The molecule has 0 aliphatic carbocycles. The van der Waals surface area contributed by atoms with Crippen LogP contribution in [-0.4, -0.2) is 26.0 Å². The molecule has 1 unspecified atom stereocenters. The van der Waals surface area contributed by atoms with Gasteiger partial charge in [0.05, 0.1) is 13.5 Å². The summed E-state index contributed by atoms with van der Waals surface area (Å²) in [6.45, 7) is 0. The van der Waals surface area contributed by atoms with Crippen molar-refractivity contribution in [2.24, 2.45) is 0 Å². The Morgan fingerprint density at radius 1 is 1.53 bits per heavy atom. The Morgan fingerprint density at radius 3 is 2.88 bits per heavy atom. The van der Waals surface area contributed by atoms with Crippen molar-refractivity contribution in [3.05, 3.63) is 29.3 Å². The maximum absolute atomic E-state index is 11.5. The maximum atomic E-state index is 11.5. The summed E-state index contributed by atoms with van der Waals surface area (Å²) >= 11 is 3.28. The van der Waals surface area contributed by atoms with Crippen molar-refractivity contribution in [1.29, 1.82) is 0 Å². The van der Waals surface area contributed by atoms with Crippen LogP contribution in [0.5, 0.6) is 0 Å². The minimum Gasteiger partial charge on any atom is -0.468 e. The molecular weight excluding hydrogens is 286 g/mol. The normalized spacial score (nSPS) is 15.7. The third-order valence-corrected chi connectivity index (χ3v) is 3.78. The third kappa shape index (κ3) is 2.07. The summed E-state index contributed by atoms with van der Waals surface area (Å²) in [4.78, 5) is 24.1. The first kappa shape index (κ1) is 12.1. The predicted molar refractivity (Wildman–Crippen MR) is 67.2 cm³/mol. The van der Waals surface area contributed by atoms with Gasteiger partial charge >= 0.3 is 5.97 Å². The van der Waals surface area contributed by atoms with Crippen LogP contribution < -0.4 is 4.90 Å². The highest BCUT2D eigenvalue weighted by Crippen LogP contribution is 2.32. The summed E-state index contributed by atoms with van der Waals surface area (Å²) < 4.78 is 4.66. The molecule has 0 saturated carbocycles. The number of alkyl halides is 1. The lowest BCUT2D eigenvalue weighted by atomic mass is 10.1. The number of amides is 1. The first-order valence-corrected chi connectivity index (χ1v) is 6.07. The van der Waals surface area contributed by atoms with Crippen molar-refractivity contribution in [1.82, 2.24) is 0 Å². The number of hydrogen-bond donors (Lipinski definition) is 0. The lowest BCUT2D eigenvalue weighted by molar-refractivity contribution is -0.139. The number of likely N-dealkylation sites (N-methyl/N-ethyl adjacent to an activating group) is 1. The van der Waals surface area contributed by atoms with E-state index in [0.29, 0.717) is 6.42 Å². The maximum Gasteiger partial charge on any atom is 0.323 e. The van der Waals surface area contributed by atoms with Gasteiger partial charge in [-0.25, -0.2) is 0 Å². The number of ether oxygens (including phenoxy) is 1. The Morgan fingerprint density at radius 2 is 2.24 bits per heavy atom. The number of halogens is 1. The first-order valence-electron chi connectivity index (χ1n) is 5.16. The van der Waals surface area contributed by atoms with Crippen molar-refractivity contribution >= 4 is 33.5 Å². The number of carbonyl (C=O) groups is 2. The molecule has 17 heavy (non-hydrogen) atoms. The summed E-state index contributed by atoms with van der Waals surface area (Å²) in [7, 11) is 3.10. The smallest absolute Gasteiger partial charge is 0.323 e. The summed E-state index contributed by atoms with van der Waals surface area (Å²) in [6, 6.07) is 5.55. The summed E-state index contributed by atoms with van der Waals surface area (Å²) in [6.07, 6.45) is 0.389. The van der Waals surface area contributed by atoms with E-state index in [1.54, 1.807) is 11.9 Å². The van der Waals surface area contributed by atoms with Gasteiger partial charge in [0.15, 0.2) is 0 Å². The van der Waals surface area contributed by atoms with Crippen LogP contribution in [0.1, 0.15) is 16.0 Å². The highest BCUT2D eigenvalue weighted by Gasteiger charge is 2.26. The highest BCUT2D eigenvalue weighted by molar-refractivity contribution is 9.09. The molecular formula is C12H12BrNO3. The Hall–Kier alpha value is -1.36. The second kappa shape index (κ2) is 4.49. The zero-order valence-electron chi connectivity index (χ0n) is 9.57. The number of nitrogens with zero attached hydrogens (tertiary/aromatic N) is 1. The van der Waals surface area contributed by atoms with E-state index in [1.807, 2.05) is 18.2 Å². The van der Waals surface area contributed by atoms with Gasteiger partial charge in [0.1, 0.15) is 4.83 Å². The molecule has 0 saturated heterocycles. The van der Waals surface area contributed by atoms with E-state index in [0.717, 1.165) is 16.8 Å². The number of hydrogen-bond acceptors (Lipinski definition) is 3. The topological polar surface area (TPSA) is 46.6 Å². The van der Waals surface area contributed by atoms with Gasteiger partial charge in [-0.2, -0.15) is 0 Å². The first-order chi connectivity index (χ1) is 8.04. The Kier molecular flexibility index (Phi) is 3.19. The minimum absolute atomic E-state index is 0.0707. The molecule has 90 valence electrons. The molecule has 0 aromatic heterocycles. The average Bonchev–Trinajstić information content (AvgIpc) is 2.62. The summed E-state index contributed by atoms with van der Waals surface area (Å²) in [5.41, 5.74) is 2.66. The van der Waals surface area contributed by atoms with Crippen LogP contribution in [0, 0.1) is 0 Å². The molecule has 1 atom stereocenters. The number of carbonyl (C=O) groups excluding carboxylic acids is 2. The molecule has 0 radical (unpaired) electrons. The lowest BCUT2D eigenvalue weighted by Crippen LogP contribution is -2.20. The molecule has 0 fully saturated rings. The van der Waals surface area contributed by atoms with E-state index < -0.39 is 4.83 Å². The van der Waals surface area contributed by atoms with Gasteiger partial charge in [0, 0.05) is 12.7 Å². The van der Waals surface area contributed by atoms with E-state index in [1.165, 1.54) is 7.11 Å². The molecule has 0 spiro atoms. The van der Waals surface area contributed by atoms with Crippen LogP contribution in [0.3, 0.4) is 0 Å². The summed E-state index contributed by atoms with van der Waals surface area (Å²) in [5, 5.41) is 0. The molecule has 1 heterocycles. The fraction of sp³-hybridized carbons (Fsp3) is 0.333. The van der Waals surface area contributed by atoms with Crippen LogP contribution in [0.25, 0.3) is 0 Å². The van der Waals surface area contributed by atoms with Crippen molar-refractivity contribution in [2.45, 2.75) is 11.2 Å². The third-order valence-electron chi connectivity index (χ3n) is 2.88. The molecule has 2 rings (SSSR count). The molecule has 5 heteroatoms. The van der Waals surface area contributed by atoms with E-state index in [9.17, 15) is 9.59 Å². The molecule has 0 bridgehead atoms. The molecule has 1 aliphatic heterocycles. The van der Waals surface area contributed by atoms with Crippen LogP contribution in [0.15, 0.2) is 18.2 Å². The molecule has 1 amide bonds. The molecule has 1 aromatic carbocycles. The fourth-order valence-electron chi connectivity index (χ4n) is 1.89. The van der Waals surface area contributed by atoms with Gasteiger partial charge in [-0.15, -0.1) is 0 Å². The zero-order chi connectivity index (χ0) is 12.6. The van der Waals surface area contributed by atoms with Gasteiger partial charge in [-0.3, -0.25) is 9.59 Å². The fourth-order valence-corrected chi connectivity index (χ4v) is 2.36. The van der Waals surface area contributed by atoms with Gasteiger partial charge in [-0.05, 0) is 17.2 Å². The van der Waals surface area contributed by atoms with E-state index in [-0.39, 0.29) is 11.9 Å². The number of anilines is 1. The molecule has 1 aromatic rings. The number of benzene rings is 1. The Labute approximate surface area is 108 Å². The van der Waals surface area contributed by atoms with Crippen molar-refractivity contribution in [3.63, 3.8) is 0 Å². The highest BCUT2D eigenvalue weighted by atomic mass is 79.9. The van der Waals surface area contributed by atoms with Crippen LogP contribution in [0.4, 0.5) is 5.69 Å². The Balaban J connectivity index is 2.33. The quantitative estimate of drug-likeness (QED) is 0.618. The number of rotatable bonds is 2. The van der Waals surface area contributed by atoms with Crippen LogP contribution >= 0.6 is 15.9 Å². The number of fused-ring (bicyclic) bond motifs is 1. The van der Waals surface area contributed by atoms with E-state index >= 15 is 0 Å². The van der Waals surface area contributed by atoms with Gasteiger partial charge in [0.25, 0.3) is 0 Å². The summed E-state index contributed by atoms with van der Waals surface area (Å²) in [5.74, 6) is -0.274. The second-order valence-electron chi connectivity index (χ2n) is 3.90. The van der Waals surface area contributed by atoms with Crippen molar-refractivity contribution in [3.8, 4) is 0 Å². The number of esters is 1. The average molecular weight is 298 g/mol. The zero-order valence-corrected chi connectivity index (χ0v) is 11.2. The van der Waals surface area contributed by atoms with E-state index in [4.69, 9.17) is 0 Å². The Bertz CT molecular complexity index is 487. The molecule has 4 nitrogen and oxygen atoms in total. The van der Waals surface area contributed by atoms with Crippen LogP contribution in [-0.2, 0) is 20.7 Å². The number of methoxy groups -OCH3 is 1. The molecule has 1 aliphatic rings. The lowest BCUT2D eigenvalue weighted by Gasteiger charge is -2.12. The van der Waals surface area contributed by atoms with Crippen molar-refractivity contribution < 1.29 is 14.3 Å². The monoisotopic (exact) mass is 297 g/mol. The van der Waals surface area contributed by atoms with Gasteiger partial charge in [-0.1, -0.05) is 28.1 Å².